The van der Waals surface area contributed by atoms with Crippen molar-refractivity contribution in [3.05, 3.63) is 36.5 Å². The molecular formula is C13H14N4O3S2. The summed E-state index contributed by atoms with van der Waals surface area (Å²) in [6, 6.07) is 5.19. The standard InChI is InChI=1S/C13H14N4O3S2/c1-9(17-7-3-6-14-17)8-11-15-13(16-20-11)10-4-5-12(21-10)22(2,18)19/h3-7,9H,8H2,1-2H3. The second kappa shape index (κ2) is 5.65. The zero-order valence-electron chi connectivity index (χ0n) is 12.0. The summed E-state index contributed by atoms with van der Waals surface area (Å²) < 4.78 is 30.3. The summed E-state index contributed by atoms with van der Waals surface area (Å²) in [5.41, 5.74) is 0. The third-order valence-corrected chi connectivity index (χ3v) is 5.98. The number of thiophene rings is 1. The van der Waals surface area contributed by atoms with Gasteiger partial charge in [-0.15, -0.1) is 11.3 Å². The van der Waals surface area contributed by atoms with E-state index in [0.29, 0.717) is 27.2 Å². The lowest BCUT2D eigenvalue weighted by Gasteiger charge is -2.08. The van der Waals surface area contributed by atoms with Gasteiger partial charge >= 0.3 is 0 Å². The molecule has 0 N–H and O–H groups in total. The molecule has 0 spiro atoms. The predicted molar refractivity (Wildman–Crippen MR) is 81.4 cm³/mol. The van der Waals surface area contributed by atoms with Gasteiger partial charge in [-0.05, 0) is 25.1 Å². The molecule has 0 aliphatic heterocycles. The number of aromatic nitrogens is 4. The van der Waals surface area contributed by atoms with Gasteiger partial charge < -0.3 is 4.52 Å². The normalized spacial score (nSPS) is 13.4. The predicted octanol–water partition coefficient (Wildman–Crippen LogP) is 2.20. The first kappa shape index (κ1) is 14.9. The number of sulfone groups is 1. The van der Waals surface area contributed by atoms with Crippen molar-refractivity contribution in [1.82, 2.24) is 19.9 Å². The quantitative estimate of drug-likeness (QED) is 0.708. The first-order valence-corrected chi connectivity index (χ1v) is 9.26. The molecule has 7 nitrogen and oxygen atoms in total. The number of hydrogen-bond donors (Lipinski definition) is 0. The van der Waals surface area contributed by atoms with E-state index in [9.17, 15) is 8.42 Å². The first-order chi connectivity index (χ1) is 10.4. The molecule has 0 amide bonds. The van der Waals surface area contributed by atoms with Crippen molar-refractivity contribution >= 4 is 21.2 Å². The van der Waals surface area contributed by atoms with Gasteiger partial charge in [-0.3, -0.25) is 4.68 Å². The largest absolute Gasteiger partial charge is 0.339 e. The molecule has 0 radical (unpaired) electrons. The van der Waals surface area contributed by atoms with Gasteiger partial charge in [0.25, 0.3) is 0 Å². The van der Waals surface area contributed by atoms with Gasteiger partial charge in [0.15, 0.2) is 9.84 Å². The molecule has 1 atom stereocenters. The summed E-state index contributed by atoms with van der Waals surface area (Å²) in [7, 11) is -3.21. The van der Waals surface area contributed by atoms with Crippen LogP contribution in [-0.4, -0.2) is 34.6 Å². The summed E-state index contributed by atoms with van der Waals surface area (Å²) in [6.07, 6.45) is 5.32. The average molecular weight is 338 g/mol. The maximum absolute atomic E-state index is 11.5. The Morgan fingerprint density at radius 2 is 2.23 bits per heavy atom. The van der Waals surface area contributed by atoms with Crippen molar-refractivity contribution in [2.24, 2.45) is 0 Å². The van der Waals surface area contributed by atoms with E-state index in [0.717, 1.165) is 11.3 Å². The SMILES string of the molecule is CC(Cc1nc(-c2ccc(S(C)(=O)=O)s2)no1)n1cccn1. The highest BCUT2D eigenvalue weighted by molar-refractivity contribution is 7.92. The summed E-state index contributed by atoms with van der Waals surface area (Å²) >= 11 is 1.13. The Kier molecular flexibility index (Phi) is 3.83. The van der Waals surface area contributed by atoms with Gasteiger partial charge in [0.2, 0.25) is 11.7 Å². The Hall–Kier alpha value is -2.00. The molecule has 116 valence electrons. The fourth-order valence-corrected chi connectivity index (χ4v) is 3.82. The third kappa shape index (κ3) is 3.09. The molecule has 0 aromatic carbocycles. The molecule has 0 fully saturated rings. The molecule has 0 saturated heterocycles. The van der Waals surface area contributed by atoms with Gasteiger partial charge in [0.05, 0.1) is 10.9 Å². The minimum absolute atomic E-state index is 0.0956. The van der Waals surface area contributed by atoms with E-state index in [1.165, 1.54) is 6.26 Å². The van der Waals surface area contributed by atoms with Gasteiger partial charge in [0.1, 0.15) is 4.21 Å². The Morgan fingerprint density at radius 3 is 2.86 bits per heavy atom. The van der Waals surface area contributed by atoms with Crippen LogP contribution in [0, 0.1) is 0 Å². The summed E-state index contributed by atoms with van der Waals surface area (Å²) in [6.45, 7) is 2.00. The Bertz CT molecular complexity index is 865. The number of nitrogens with zero attached hydrogens (tertiary/aromatic N) is 4. The lowest BCUT2D eigenvalue weighted by molar-refractivity contribution is 0.349. The lowest BCUT2D eigenvalue weighted by atomic mass is 10.2. The molecule has 22 heavy (non-hydrogen) atoms. The van der Waals surface area contributed by atoms with E-state index in [4.69, 9.17) is 4.52 Å². The van der Waals surface area contributed by atoms with Crippen LogP contribution >= 0.6 is 11.3 Å². The molecule has 3 heterocycles. The zero-order chi connectivity index (χ0) is 15.7. The van der Waals surface area contributed by atoms with Crippen molar-refractivity contribution < 1.29 is 12.9 Å². The smallest absolute Gasteiger partial charge is 0.229 e. The summed E-state index contributed by atoms with van der Waals surface area (Å²) in [4.78, 5) is 4.99. The van der Waals surface area contributed by atoms with Crippen LogP contribution in [0.15, 0.2) is 39.3 Å². The van der Waals surface area contributed by atoms with Gasteiger partial charge in [-0.25, -0.2) is 8.42 Å². The molecule has 1 unspecified atom stereocenters. The molecule has 9 heteroatoms. The number of hydrogen-bond acceptors (Lipinski definition) is 7. The van der Waals surface area contributed by atoms with Crippen LogP contribution in [0.5, 0.6) is 0 Å². The van der Waals surface area contributed by atoms with Crippen LogP contribution in [-0.2, 0) is 16.3 Å². The lowest BCUT2D eigenvalue weighted by Crippen LogP contribution is -2.08. The Morgan fingerprint density at radius 1 is 1.41 bits per heavy atom. The van der Waals surface area contributed by atoms with Gasteiger partial charge in [-0.2, -0.15) is 10.1 Å². The van der Waals surface area contributed by atoms with Crippen molar-refractivity contribution in [2.75, 3.05) is 6.26 Å². The van der Waals surface area contributed by atoms with Crippen molar-refractivity contribution in [2.45, 2.75) is 23.6 Å². The molecule has 0 bridgehead atoms. The van der Waals surface area contributed by atoms with E-state index in [1.807, 2.05) is 23.9 Å². The van der Waals surface area contributed by atoms with Crippen molar-refractivity contribution in [3.8, 4) is 10.7 Å². The van der Waals surface area contributed by atoms with Crippen LogP contribution in [0.1, 0.15) is 18.9 Å². The molecule has 0 aliphatic rings. The third-order valence-electron chi connectivity index (χ3n) is 3.08. The first-order valence-electron chi connectivity index (χ1n) is 6.55. The van der Waals surface area contributed by atoms with E-state index in [1.54, 1.807) is 18.3 Å². The molecule has 3 aromatic heterocycles. The summed E-state index contributed by atoms with van der Waals surface area (Å²) in [5.74, 6) is 0.898. The highest BCUT2D eigenvalue weighted by Crippen LogP contribution is 2.29. The fourth-order valence-electron chi connectivity index (χ4n) is 1.97. The topological polar surface area (TPSA) is 90.9 Å². The van der Waals surface area contributed by atoms with Crippen molar-refractivity contribution in [1.29, 1.82) is 0 Å². The number of rotatable bonds is 5. The molecule has 3 aromatic rings. The highest BCUT2D eigenvalue weighted by Gasteiger charge is 2.17. The maximum Gasteiger partial charge on any atom is 0.229 e. The van der Waals surface area contributed by atoms with E-state index >= 15 is 0 Å². The summed E-state index contributed by atoms with van der Waals surface area (Å²) in [5, 5.41) is 8.09. The van der Waals surface area contributed by atoms with Gasteiger partial charge in [0, 0.05) is 25.1 Å². The second-order valence-electron chi connectivity index (χ2n) is 4.94. The molecule has 0 aliphatic carbocycles. The van der Waals surface area contributed by atoms with E-state index < -0.39 is 9.84 Å². The molecule has 3 rings (SSSR count). The van der Waals surface area contributed by atoms with Crippen LogP contribution in [0.25, 0.3) is 10.7 Å². The second-order valence-corrected chi connectivity index (χ2v) is 8.27. The van der Waals surface area contributed by atoms with Crippen molar-refractivity contribution in [3.63, 3.8) is 0 Å². The van der Waals surface area contributed by atoms with Crippen LogP contribution < -0.4 is 0 Å². The minimum Gasteiger partial charge on any atom is -0.339 e. The van der Waals surface area contributed by atoms with Crippen LogP contribution in [0.2, 0.25) is 0 Å². The van der Waals surface area contributed by atoms with Gasteiger partial charge in [-0.1, -0.05) is 5.16 Å². The zero-order valence-corrected chi connectivity index (χ0v) is 13.6. The van der Waals surface area contributed by atoms with E-state index in [-0.39, 0.29) is 6.04 Å². The average Bonchev–Trinajstić information content (AvgIpc) is 3.19. The maximum atomic E-state index is 11.5. The Balaban J connectivity index is 1.78. The van der Waals surface area contributed by atoms with Crippen LogP contribution in [0.4, 0.5) is 0 Å². The fraction of sp³-hybridized carbons (Fsp3) is 0.308. The monoisotopic (exact) mass is 338 g/mol. The highest BCUT2D eigenvalue weighted by atomic mass is 32.2. The molecular weight excluding hydrogens is 324 g/mol. The Labute approximate surface area is 131 Å². The van der Waals surface area contributed by atoms with Crippen LogP contribution in [0.3, 0.4) is 0 Å². The van der Waals surface area contributed by atoms with E-state index in [2.05, 4.69) is 15.2 Å². The minimum atomic E-state index is -3.21. The molecule has 0 saturated carbocycles.